The SMILES string of the molecule is O[C@H]1CC2CC1[C@@H]1C=CC[C@H]21. The fraction of sp³-hybridized carbons (Fsp3) is 0.800. The van der Waals surface area contributed by atoms with E-state index in [0.717, 1.165) is 24.2 Å². The number of rotatable bonds is 0. The van der Waals surface area contributed by atoms with Gasteiger partial charge in [0.05, 0.1) is 6.10 Å². The predicted molar refractivity (Wildman–Crippen MR) is 43.0 cm³/mol. The Kier molecular flexibility index (Phi) is 1.07. The second-order valence-electron chi connectivity index (χ2n) is 4.37. The molecule has 1 N–H and O–H groups in total. The first-order valence-corrected chi connectivity index (χ1v) is 4.71. The third kappa shape index (κ3) is 0.652. The summed E-state index contributed by atoms with van der Waals surface area (Å²) in [6.07, 6.45) is 8.38. The Labute approximate surface area is 67.1 Å². The highest BCUT2D eigenvalue weighted by Crippen LogP contribution is 2.56. The van der Waals surface area contributed by atoms with Crippen molar-refractivity contribution >= 4 is 0 Å². The van der Waals surface area contributed by atoms with E-state index < -0.39 is 0 Å². The van der Waals surface area contributed by atoms with Gasteiger partial charge in [-0.1, -0.05) is 12.2 Å². The highest BCUT2D eigenvalue weighted by atomic mass is 16.3. The molecular formula is C10H14O. The van der Waals surface area contributed by atoms with Crippen molar-refractivity contribution in [2.45, 2.75) is 25.4 Å². The average Bonchev–Trinajstić information content (AvgIpc) is 2.52. The van der Waals surface area contributed by atoms with E-state index in [1.807, 2.05) is 0 Å². The molecule has 2 fully saturated rings. The molecule has 5 atom stereocenters. The Morgan fingerprint density at radius 1 is 1.18 bits per heavy atom. The quantitative estimate of drug-likeness (QED) is 0.520. The molecule has 11 heavy (non-hydrogen) atoms. The summed E-state index contributed by atoms with van der Waals surface area (Å²) in [7, 11) is 0. The fourth-order valence-corrected chi connectivity index (χ4v) is 3.51. The molecule has 0 radical (unpaired) electrons. The van der Waals surface area contributed by atoms with Crippen molar-refractivity contribution in [3.63, 3.8) is 0 Å². The second-order valence-corrected chi connectivity index (χ2v) is 4.37. The van der Waals surface area contributed by atoms with Crippen LogP contribution in [0.1, 0.15) is 19.3 Å². The minimum atomic E-state index is 0.0315. The number of allylic oxidation sites excluding steroid dienone is 2. The molecule has 3 aliphatic carbocycles. The van der Waals surface area contributed by atoms with Crippen molar-refractivity contribution in [3.05, 3.63) is 12.2 Å². The summed E-state index contributed by atoms with van der Waals surface area (Å²) in [5.41, 5.74) is 0. The summed E-state index contributed by atoms with van der Waals surface area (Å²) in [5.74, 6) is 3.16. The van der Waals surface area contributed by atoms with Crippen molar-refractivity contribution in [1.82, 2.24) is 0 Å². The summed E-state index contributed by atoms with van der Waals surface area (Å²) in [4.78, 5) is 0. The maximum Gasteiger partial charge on any atom is 0.0577 e. The highest BCUT2D eigenvalue weighted by molar-refractivity contribution is 5.14. The lowest BCUT2D eigenvalue weighted by Gasteiger charge is -2.27. The number of aliphatic hydroxyl groups excluding tert-OH is 1. The van der Waals surface area contributed by atoms with E-state index in [4.69, 9.17) is 0 Å². The Bertz CT molecular complexity index is 209. The third-order valence-electron chi connectivity index (χ3n) is 3.97. The van der Waals surface area contributed by atoms with Crippen LogP contribution >= 0.6 is 0 Å². The first-order chi connectivity index (χ1) is 5.36. The molecule has 3 aliphatic rings. The molecule has 3 rings (SSSR count). The molecule has 0 aromatic carbocycles. The van der Waals surface area contributed by atoms with Gasteiger partial charge < -0.3 is 5.11 Å². The zero-order valence-electron chi connectivity index (χ0n) is 6.61. The number of hydrogen-bond acceptors (Lipinski definition) is 1. The van der Waals surface area contributed by atoms with Gasteiger partial charge in [-0.25, -0.2) is 0 Å². The molecule has 1 nitrogen and oxygen atoms in total. The first kappa shape index (κ1) is 6.24. The number of aliphatic hydroxyl groups is 1. The molecule has 0 aromatic heterocycles. The van der Waals surface area contributed by atoms with Crippen LogP contribution in [0.4, 0.5) is 0 Å². The zero-order chi connectivity index (χ0) is 7.42. The van der Waals surface area contributed by atoms with Crippen molar-refractivity contribution < 1.29 is 5.11 Å². The van der Waals surface area contributed by atoms with Crippen LogP contribution in [0, 0.1) is 23.7 Å². The van der Waals surface area contributed by atoms with E-state index >= 15 is 0 Å². The summed E-state index contributed by atoms with van der Waals surface area (Å²) in [6.45, 7) is 0. The van der Waals surface area contributed by atoms with Crippen molar-refractivity contribution in [1.29, 1.82) is 0 Å². The predicted octanol–water partition coefficient (Wildman–Crippen LogP) is 1.58. The second kappa shape index (κ2) is 1.89. The summed E-state index contributed by atoms with van der Waals surface area (Å²) >= 11 is 0. The van der Waals surface area contributed by atoms with Crippen molar-refractivity contribution in [2.24, 2.45) is 23.7 Å². The third-order valence-corrected chi connectivity index (χ3v) is 3.97. The number of hydrogen-bond donors (Lipinski definition) is 1. The van der Waals surface area contributed by atoms with E-state index in [1.165, 1.54) is 12.8 Å². The Morgan fingerprint density at radius 3 is 3.00 bits per heavy atom. The molecular weight excluding hydrogens is 136 g/mol. The van der Waals surface area contributed by atoms with Gasteiger partial charge in [-0.05, 0) is 42.9 Å². The van der Waals surface area contributed by atoms with Gasteiger partial charge >= 0.3 is 0 Å². The summed E-state index contributed by atoms with van der Waals surface area (Å²) in [6, 6.07) is 0. The van der Waals surface area contributed by atoms with Crippen LogP contribution in [-0.4, -0.2) is 11.2 Å². The van der Waals surface area contributed by atoms with Crippen LogP contribution < -0.4 is 0 Å². The maximum atomic E-state index is 9.63. The van der Waals surface area contributed by atoms with Gasteiger partial charge in [0.15, 0.2) is 0 Å². The Morgan fingerprint density at radius 2 is 2.09 bits per heavy atom. The van der Waals surface area contributed by atoms with Crippen LogP contribution in [0.3, 0.4) is 0 Å². The van der Waals surface area contributed by atoms with Crippen LogP contribution in [0.2, 0.25) is 0 Å². The largest absolute Gasteiger partial charge is 0.393 e. The minimum Gasteiger partial charge on any atom is -0.393 e. The van der Waals surface area contributed by atoms with Gasteiger partial charge in [0.1, 0.15) is 0 Å². The molecule has 60 valence electrons. The van der Waals surface area contributed by atoms with Gasteiger partial charge in [-0.2, -0.15) is 0 Å². The first-order valence-electron chi connectivity index (χ1n) is 4.71. The molecule has 0 saturated heterocycles. The average molecular weight is 150 g/mol. The van der Waals surface area contributed by atoms with Crippen LogP contribution in [0.15, 0.2) is 12.2 Å². The highest BCUT2D eigenvalue weighted by Gasteiger charge is 2.51. The van der Waals surface area contributed by atoms with Gasteiger partial charge in [0.25, 0.3) is 0 Å². The molecule has 0 spiro atoms. The maximum absolute atomic E-state index is 9.63. The van der Waals surface area contributed by atoms with E-state index in [-0.39, 0.29) is 6.10 Å². The van der Waals surface area contributed by atoms with E-state index in [0.29, 0.717) is 5.92 Å². The van der Waals surface area contributed by atoms with E-state index in [1.54, 1.807) is 0 Å². The molecule has 0 aliphatic heterocycles. The van der Waals surface area contributed by atoms with Crippen molar-refractivity contribution in [2.75, 3.05) is 0 Å². The monoisotopic (exact) mass is 150 g/mol. The minimum absolute atomic E-state index is 0.0315. The lowest BCUT2D eigenvalue weighted by Crippen LogP contribution is -2.27. The van der Waals surface area contributed by atoms with Crippen LogP contribution in [0.25, 0.3) is 0 Å². The van der Waals surface area contributed by atoms with Crippen LogP contribution in [-0.2, 0) is 0 Å². The lowest BCUT2D eigenvalue weighted by molar-refractivity contribution is 0.0746. The lowest BCUT2D eigenvalue weighted by atomic mass is 9.80. The summed E-state index contributed by atoms with van der Waals surface area (Å²) in [5, 5.41) is 9.63. The van der Waals surface area contributed by atoms with Gasteiger partial charge in [0.2, 0.25) is 0 Å². The van der Waals surface area contributed by atoms with Gasteiger partial charge in [-0.15, -0.1) is 0 Å². The van der Waals surface area contributed by atoms with Crippen molar-refractivity contribution in [3.8, 4) is 0 Å². The van der Waals surface area contributed by atoms with E-state index in [9.17, 15) is 5.11 Å². The van der Waals surface area contributed by atoms with Gasteiger partial charge in [-0.3, -0.25) is 0 Å². The Balaban J connectivity index is 1.94. The molecule has 2 bridgehead atoms. The smallest absolute Gasteiger partial charge is 0.0577 e. The molecule has 2 unspecified atom stereocenters. The molecule has 0 aromatic rings. The molecule has 2 saturated carbocycles. The normalized spacial score (nSPS) is 58.8. The molecule has 1 heteroatoms. The number of fused-ring (bicyclic) bond motifs is 5. The molecule has 0 heterocycles. The summed E-state index contributed by atoms with van der Waals surface area (Å²) < 4.78 is 0. The molecule has 0 amide bonds. The van der Waals surface area contributed by atoms with E-state index in [2.05, 4.69) is 12.2 Å². The Hall–Kier alpha value is -0.300. The zero-order valence-corrected chi connectivity index (χ0v) is 6.61. The topological polar surface area (TPSA) is 20.2 Å². The standard InChI is InChI=1S/C10H14O/c11-10-5-6-4-9(10)8-3-1-2-7(6)8/h1,3,6-11H,2,4-5H2/t6?,7-,8-,9?,10+/m1/s1. The fourth-order valence-electron chi connectivity index (χ4n) is 3.51. The van der Waals surface area contributed by atoms with Gasteiger partial charge in [0, 0.05) is 0 Å². The van der Waals surface area contributed by atoms with Crippen LogP contribution in [0.5, 0.6) is 0 Å².